The number of nitrogens with zero attached hydrogens (tertiary/aromatic N) is 1. The molecule has 0 fully saturated rings. The molecule has 0 aromatic heterocycles. The fourth-order valence-corrected chi connectivity index (χ4v) is 3.73. The summed E-state index contributed by atoms with van der Waals surface area (Å²) in [5, 5.41) is 6.65. The lowest BCUT2D eigenvalue weighted by Gasteiger charge is -2.15. The molecule has 170 valence electrons. The van der Waals surface area contributed by atoms with Crippen LogP contribution in [0.3, 0.4) is 0 Å². The van der Waals surface area contributed by atoms with E-state index in [1.54, 1.807) is 19.2 Å². The smallest absolute Gasteiger partial charge is 0.191 e. The fourth-order valence-electron chi connectivity index (χ4n) is 3.10. The van der Waals surface area contributed by atoms with E-state index in [4.69, 9.17) is 4.74 Å². The number of rotatable bonds is 11. The van der Waals surface area contributed by atoms with E-state index in [0.29, 0.717) is 23.9 Å². The molecule has 0 aliphatic carbocycles. The first-order valence-electron chi connectivity index (χ1n) is 10.8. The van der Waals surface area contributed by atoms with Crippen LogP contribution in [0, 0.1) is 6.92 Å². The van der Waals surface area contributed by atoms with Crippen LogP contribution >= 0.6 is 0 Å². The molecule has 7 heteroatoms. The van der Waals surface area contributed by atoms with Gasteiger partial charge in [-0.2, -0.15) is 0 Å². The van der Waals surface area contributed by atoms with Crippen molar-refractivity contribution in [2.45, 2.75) is 51.0 Å². The van der Waals surface area contributed by atoms with Gasteiger partial charge in [-0.1, -0.05) is 44.0 Å². The van der Waals surface area contributed by atoms with E-state index in [2.05, 4.69) is 47.7 Å². The number of guanidine groups is 1. The van der Waals surface area contributed by atoms with Crippen LogP contribution in [0.15, 0.2) is 52.4 Å². The molecule has 0 aliphatic rings. The quantitative estimate of drug-likeness (QED) is 0.312. The van der Waals surface area contributed by atoms with Crippen LogP contribution in [-0.4, -0.2) is 40.8 Å². The maximum absolute atomic E-state index is 11.6. The number of sulfone groups is 1. The van der Waals surface area contributed by atoms with Crippen molar-refractivity contribution in [3.63, 3.8) is 0 Å². The molecular weight excluding hydrogens is 410 g/mol. The molecule has 31 heavy (non-hydrogen) atoms. The Morgan fingerprint density at radius 1 is 1.06 bits per heavy atom. The lowest BCUT2D eigenvalue weighted by atomic mass is 10.1. The summed E-state index contributed by atoms with van der Waals surface area (Å²) < 4.78 is 29.1. The van der Waals surface area contributed by atoms with Gasteiger partial charge in [-0.25, -0.2) is 8.42 Å². The van der Waals surface area contributed by atoms with Crippen LogP contribution in [0.2, 0.25) is 0 Å². The van der Waals surface area contributed by atoms with Crippen molar-refractivity contribution in [2.75, 3.05) is 26.5 Å². The zero-order valence-corrected chi connectivity index (χ0v) is 19.9. The molecule has 2 N–H and O–H groups in total. The third-order valence-electron chi connectivity index (χ3n) is 4.96. The van der Waals surface area contributed by atoms with Crippen molar-refractivity contribution in [3.05, 3.63) is 59.2 Å². The summed E-state index contributed by atoms with van der Waals surface area (Å²) in [6.07, 6.45) is 5.39. The third-order valence-corrected chi connectivity index (χ3v) is 6.08. The zero-order valence-electron chi connectivity index (χ0n) is 19.1. The second-order valence-electron chi connectivity index (χ2n) is 7.69. The van der Waals surface area contributed by atoms with Crippen LogP contribution < -0.4 is 15.4 Å². The summed E-state index contributed by atoms with van der Waals surface area (Å²) in [4.78, 5) is 4.63. The van der Waals surface area contributed by atoms with Crippen LogP contribution in [-0.2, 0) is 22.8 Å². The van der Waals surface area contributed by atoms with E-state index in [1.807, 2.05) is 12.1 Å². The normalized spacial score (nSPS) is 11.9. The van der Waals surface area contributed by atoms with Gasteiger partial charge < -0.3 is 15.4 Å². The second kappa shape index (κ2) is 12.3. The number of hydrogen-bond donors (Lipinski definition) is 2. The van der Waals surface area contributed by atoms with E-state index in [1.165, 1.54) is 24.7 Å². The molecule has 0 radical (unpaired) electrons. The molecule has 0 aliphatic heterocycles. The van der Waals surface area contributed by atoms with Gasteiger partial charge in [0.25, 0.3) is 0 Å². The highest BCUT2D eigenvalue weighted by atomic mass is 32.2. The molecule has 0 spiro atoms. The van der Waals surface area contributed by atoms with E-state index in [0.717, 1.165) is 36.3 Å². The average molecular weight is 446 g/mol. The van der Waals surface area contributed by atoms with Crippen molar-refractivity contribution >= 4 is 15.8 Å². The first-order chi connectivity index (χ1) is 14.8. The first kappa shape index (κ1) is 24.7. The number of hydrogen-bond acceptors (Lipinski definition) is 4. The highest BCUT2D eigenvalue weighted by Gasteiger charge is 2.08. The predicted molar refractivity (Wildman–Crippen MR) is 128 cm³/mol. The van der Waals surface area contributed by atoms with Gasteiger partial charge in [0.2, 0.25) is 0 Å². The Kier molecular flexibility index (Phi) is 9.85. The van der Waals surface area contributed by atoms with E-state index in [9.17, 15) is 8.42 Å². The summed E-state index contributed by atoms with van der Waals surface area (Å²) in [5.41, 5.74) is 3.34. The summed E-state index contributed by atoms with van der Waals surface area (Å²) >= 11 is 0. The monoisotopic (exact) mass is 445 g/mol. The van der Waals surface area contributed by atoms with Gasteiger partial charge in [0, 0.05) is 32.0 Å². The van der Waals surface area contributed by atoms with Crippen LogP contribution in [0.4, 0.5) is 0 Å². The molecule has 2 rings (SSSR count). The molecule has 0 saturated carbocycles. The summed E-state index contributed by atoms with van der Waals surface area (Å²) in [7, 11) is -1.42. The van der Waals surface area contributed by atoms with Gasteiger partial charge in [0.05, 0.1) is 11.5 Å². The number of ether oxygens (including phenoxy) is 1. The SMILES string of the molecule is CCCCCOc1cc(C)ccc1CNC(=NC)NCCc1ccc(S(C)(=O)=O)cc1. The highest BCUT2D eigenvalue weighted by molar-refractivity contribution is 7.90. The van der Waals surface area contributed by atoms with Crippen molar-refractivity contribution in [1.29, 1.82) is 0 Å². The van der Waals surface area contributed by atoms with Gasteiger partial charge in [-0.15, -0.1) is 0 Å². The highest BCUT2D eigenvalue weighted by Crippen LogP contribution is 2.21. The maximum Gasteiger partial charge on any atom is 0.191 e. The molecule has 0 atom stereocenters. The van der Waals surface area contributed by atoms with Crippen LogP contribution in [0.25, 0.3) is 0 Å². The first-order valence-corrected chi connectivity index (χ1v) is 12.7. The lowest BCUT2D eigenvalue weighted by molar-refractivity contribution is 0.303. The minimum Gasteiger partial charge on any atom is -0.493 e. The third kappa shape index (κ3) is 8.61. The number of unbranched alkanes of at least 4 members (excludes halogenated alkanes) is 2. The van der Waals surface area contributed by atoms with Gasteiger partial charge in [-0.3, -0.25) is 4.99 Å². The molecule has 6 nitrogen and oxygen atoms in total. The van der Waals surface area contributed by atoms with E-state index >= 15 is 0 Å². The molecular formula is C24H35N3O3S. The predicted octanol–water partition coefficient (Wildman–Crippen LogP) is 3.88. The minimum absolute atomic E-state index is 0.340. The summed E-state index contributed by atoms with van der Waals surface area (Å²) in [5.74, 6) is 1.63. The Hall–Kier alpha value is -2.54. The summed E-state index contributed by atoms with van der Waals surface area (Å²) in [6.45, 7) is 6.29. The molecule has 0 heterocycles. The van der Waals surface area contributed by atoms with Crippen molar-refractivity contribution in [1.82, 2.24) is 10.6 Å². The van der Waals surface area contributed by atoms with Crippen molar-refractivity contribution < 1.29 is 13.2 Å². The molecule has 2 aromatic carbocycles. The number of nitrogens with one attached hydrogen (secondary N) is 2. The van der Waals surface area contributed by atoms with E-state index < -0.39 is 9.84 Å². The summed E-state index contributed by atoms with van der Waals surface area (Å²) in [6, 6.07) is 13.3. The molecule has 0 saturated heterocycles. The zero-order chi connectivity index (χ0) is 22.7. The average Bonchev–Trinajstić information content (AvgIpc) is 2.74. The fraction of sp³-hybridized carbons (Fsp3) is 0.458. The maximum atomic E-state index is 11.6. The topological polar surface area (TPSA) is 79.8 Å². The lowest BCUT2D eigenvalue weighted by Crippen LogP contribution is -2.37. The number of aliphatic imine (C=N–C) groups is 1. The largest absolute Gasteiger partial charge is 0.493 e. The molecule has 0 amide bonds. The van der Waals surface area contributed by atoms with Gasteiger partial charge in [-0.05, 0) is 49.1 Å². The van der Waals surface area contributed by atoms with E-state index in [-0.39, 0.29) is 0 Å². The Bertz CT molecular complexity index is 955. The Labute approximate surface area is 187 Å². The van der Waals surface area contributed by atoms with Gasteiger partial charge in [0.1, 0.15) is 5.75 Å². The Balaban J connectivity index is 1.85. The molecule has 0 bridgehead atoms. The molecule has 0 unspecified atom stereocenters. The Morgan fingerprint density at radius 2 is 1.81 bits per heavy atom. The van der Waals surface area contributed by atoms with Crippen molar-refractivity contribution in [3.8, 4) is 5.75 Å². The standard InChI is InChI=1S/C24H35N3O3S/c1-5-6-7-16-30-23-17-19(2)8-11-21(23)18-27-24(25-3)26-15-14-20-9-12-22(13-10-20)31(4,28)29/h8-13,17H,5-7,14-16,18H2,1-4H3,(H2,25,26,27). The van der Waals surface area contributed by atoms with Crippen LogP contribution in [0.5, 0.6) is 5.75 Å². The van der Waals surface area contributed by atoms with Crippen molar-refractivity contribution in [2.24, 2.45) is 4.99 Å². The van der Waals surface area contributed by atoms with Gasteiger partial charge >= 0.3 is 0 Å². The minimum atomic E-state index is -3.16. The number of aryl methyl sites for hydroxylation is 1. The number of benzene rings is 2. The molecule has 2 aromatic rings. The van der Waals surface area contributed by atoms with Crippen LogP contribution in [0.1, 0.15) is 42.9 Å². The van der Waals surface area contributed by atoms with Gasteiger partial charge in [0.15, 0.2) is 15.8 Å². The Morgan fingerprint density at radius 3 is 2.45 bits per heavy atom. The second-order valence-corrected chi connectivity index (χ2v) is 9.70.